The summed E-state index contributed by atoms with van der Waals surface area (Å²) in [4.78, 5) is 0. The van der Waals surface area contributed by atoms with Crippen LogP contribution >= 0.6 is 0 Å². The number of hydrogen-bond acceptors (Lipinski definition) is 1. The zero-order valence-electron chi connectivity index (χ0n) is 11.1. The van der Waals surface area contributed by atoms with E-state index >= 15 is 0 Å². The smallest absolute Gasteiger partial charge is 0.123 e. The minimum atomic E-state index is -0.223. The summed E-state index contributed by atoms with van der Waals surface area (Å²) in [5.74, 6) is -0.223. The fraction of sp³-hybridized carbons (Fsp3) is 0.176. The molecule has 1 atom stereocenters. The lowest BCUT2D eigenvalue weighted by atomic mass is 10.0. The maximum absolute atomic E-state index is 12.8. The molecular formula is C17H18FN. The molecule has 1 N–H and O–H groups in total. The van der Waals surface area contributed by atoms with Gasteiger partial charge in [-0.1, -0.05) is 35.9 Å². The van der Waals surface area contributed by atoms with Crippen molar-refractivity contribution < 1.29 is 4.39 Å². The van der Waals surface area contributed by atoms with Crippen molar-refractivity contribution in [1.29, 1.82) is 0 Å². The van der Waals surface area contributed by atoms with Crippen LogP contribution in [0.25, 0.3) is 0 Å². The molecule has 0 heterocycles. The number of hydrogen-bond donors (Lipinski definition) is 1. The lowest BCUT2D eigenvalue weighted by Crippen LogP contribution is -2.19. The molecule has 0 fully saturated rings. The third-order valence-corrected chi connectivity index (χ3v) is 3.02. The van der Waals surface area contributed by atoms with Crippen LogP contribution in [0, 0.1) is 12.7 Å². The molecule has 1 nitrogen and oxygen atoms in total. The zero-order chi connectivity index (χ0) is 13.7. The Labute approximate surface area is 113 Å². The van der Waals surface area contributed by atoms with Crippen LogP contribution in [0.2, 0.25) is 0 Å². The summed E-state index contributed by atoms with van der Waals surface area (Å²) in [6.07, 6.45) is 2.74. The fourth-order valence-corrected chi connectivity index (χ4v) is 2.05. The second kappa shape index (κ2) is 6.19. The molecule has 2 aromatic carbocycles. The Balaban J connectivity index is 2.04. The van der Waals surface area contributed by atoms with Gasteiger partial charge in [0.1, 0.15) is 5.82 Å². The molecule has 0 amide bonds. The maximum Gasteiger partial charge on any atom is 0.123 e. The minimum Gasteiger partial charge on any atom is -0.379 e. The standard InChI is InChI=1S/C17H18FN/c1-3-16(12-14-6-4-5-13(2)11-14)19-17-9-7-15(18)8-10-17/h3-11,16,19H,1,12H2,2H3. The Bertz CT molecular complexity index is 545. The molecule has 0 aromatic heterocycles. The molecule has 0 spiro atoms. The molecule has 2 rings (SSSR count). The van der Waals surface area contributed by atoms with E-state index in [0.29, 0.717) is 0 Å². The minimum absolute atomic E-state index is 0.132. The molecule has 0 saturated heterocycles. The highest BCUT2D eigenvalue weighted by atomic mass is 19.1. The second-order valence-corrected chi connectivity index (χ2v) is 4.69. The van der Waals surface area contributed by atoms with E-state index < -0.39 is 0 Å². The Morgan fingerprint density at radius 3 is 2.58 bits per heavy atom. The van der Waals surface area contributed by atoms with Crippen molar-refractivity contribution in [2.24, 2.45) is 0 Å². The molecule has 0 saturated carbocycles. The van der Waals surface area contributed by atoms with Gasteiger partial charge in [-0.05, 0) is 43.2 Å². The van der Waals surface area contributed by atoms with Gasteiger partial charge >= 0.3 is 0 Å². The van der Waals surface area contributed by atoms with Gasteiger partial charge in [0.05, 0.1) is 0 Å². The molecule has 1 unspecified atom stereocenters. The highest BCUT2D eigenvalue weighted by Crippen LogP contribution is 2.13. The first-order chi connectivity index (χ1) is 9.17. The molecule has 0 aliphatic heterocycles. The van der Waals surface area contributed by atoms with Gasteiger partial charge in [-0.25, -0.2) is 4.39 Å². The van der Waals surface area contributed by atoms with E-state index in [2.05, 4.69) is 43.1 Å². The van der Waals surface area contributed by atoms with Gasteiger partial charge in [0.15, 0.2) is 0 Å². The molecule has 2 aromatic rings. The van der Waals surface area contributed by atoms with Crippen LogP contribution in [0.4, 0.5) is 10.1 Å². The van der Waals surface area contributed by atoms with E-state index in [1.54, 1.807) is 12.1 Å². The number of aryl methyl sites for hydroxylation is 1. The average Bonchev–Trinajstić information content (AvgIpc) is 2.40. The van der Waals surface area contributed by atoms with Crippen molar-refractivity contribution in [1.82, 2.24) is 0 Å². The van der Waals surface area contributed by atoms with Gasteiger partial charge in [0, 0.05) is 11.7 Å². The maximum atomic E-state index is 12.8. The Morgan fingerprint density at radius 1 is 1.21 bits per heavy atom. The third-order valence-electron chi connectivity index (χ3n) is 3.02. The summed E-state index contributed by atoms with van der Waals surface area (Å²) in [5, 5.41) is 3.34. The molecule has 0 bridgehead atoms. The molecule has 2 heteroatoms. The largest absolute Gasteiger partial charge is 0.379 e. The third kappa shape index (κ3) is 3.95. The van der Waals surface area contributed by atoms with Crippen molar-refractivity contribution in [3.05, 3.63) is 78.1 Å². The summed E-state index contributed by atoms with van der Waals surface area (Å²) in [6, 6.07) is 14.9. The van der Waals surface area contributed by atoms with E-state index in [9.17, 15) is 4.39 Å². The van der Waals surface area contributed by atoms with Crippen LogP contribution in [0.1, 0.15) is 11.1 Å². The van der Waals surface area contributed by atoms with Gasteiger partial charge in [-0.2, -0.15) is 0 Å². The summed E-state index contributed by atoms with van der Waals surface area (Å²) < 4.78 is 12.8. The van der Waals surface area contributed by atoms with Crippen LogP contribution in [-0.2, 0) is 6.42 Å². The summed E-state index contributed by atoms with van der Waals surface area (Å²) in [6.45, 7) is 5.94. The molecule has 19 heavy (non-hydrogen) atoms. The Morgan fingerprint density at radius 2 is 1.95 bits per heavy atom. The number of halogens is 1. The average molecular weight is 255 g/mol. The first-order valence-electron chi connectivity index (χ1n) is 6.37. The quantitative estimate of drug-likeness (QED) is 0.783. The van der Waals surface area contributed by atoms with Crippen LogP contribution < -0.4 is 5.32 Å². The lowest BCUT2D eigenvalue weighted by molar-refractivity contribution is 0.628. The molecular weight excluding hydrogens is 237 g/mol. The van der Waals surface area contributed by atoms with Crippen LogP contribution in [0.3, 0.4) is 0 Å². The number of benzene rings is 2. The van der Waals surface area contributed by atoms with E-state index in [1.807, 2.05) is 6.08 Å². The Hall–Kier alpha value is -2.09. The first-order valence-corrected chi connectivity index (χ1v) is 6.37. The predicted octanol–water partition coefficient (Wildman–Crippen LogP) is 4.34. The highest BCUT2D eigenvalue weighted by molar-refractivity contribution is 5.45. The van der Waals surface area contributed by atoms with E-state index in [-0.39, 0.29) is 11.9 Å². The van der Waals surface area contributed by atoms with Crippen molar-refractivity contribution in [2.75, 3.05) is 5.32 Å². The zero-order valence-corrected chi connectivity index (χ0v) is 11.1. The van der Waals surface area contributed by atoms with Gasteiger partial charge in [0.2, 0.25) is 0 Å². The van der Waals surface area contributed by atoms with Gasteiger partial charge in [0.25, 0.3) is 0 Å². The second-order valence-electron chi connectivity index (χ2n) is 4.69. The van der Waals surface area contributed by atoms with E-state index in [4.69, 9.17) is 0 Å². The molecule has 0 radical (unpaired) electrons. The predicted molar refractivity (Wildman–Crippen MR) is 78.9 cm³/mol. The number of nitrogens with one attached hydrogen (secondary N) is 1. The SMILES string of the molecule is C=CC(Cc1cccc(C)c1)Nc1ccc(F)cc1. The summed E-state index contributed by atoms with van der Waals surface area (Å²) >= 11 is 0. The van der Waals surface area contributed by atoms with Crippen molar-refractivity contribution in [2.45, 2.75) is 19.4 Å². The van der Waals surface area contributed by atoms with Gasteiger partial charge < -0.3 is 5.32 Å². The topological polar surface area (TPSA) is 12.0 Å². The van der Waals surface area contributed by atoms with Crippen molar-refractivity contribution in [3.8, 4) is 0 Å². The molecule has 98 valence electrons. The number of rotatable bonds is 5. The van der Waals surface area contributed by atoms with Gasteiger partial charge in [-0.3, -0.25) is 0 Å². The van der Waals surface area contributed by atoms with Crippen molar-refractivity contribution >= 4 is 5.69 Å². The van der Waals surface area contributed by atoms with E-state index in [0.717, 1.165) is 12.1 Å². The van der Waals surface area contributed by atoms with Crippen LogP contribution in [-0.4, -0.2) is 6.04 Å². The lowest BCUT2D eigenvalue weighted by Gasteiger charge is -2.16. The number of anilines is 1. The monoisotopic (exact) mass is 255 g/mol. The normalized spacial score (nSPS) is 11.9. The highest BCUT2D eigenvalue weighted by Gasteiger charge is 2.05. The van der Waals surface area contributed by atoms with Crippen LogP contribution in [0.5, 0.6) is 0 Å². The first kappa shape index (κ1) is 13.3. The van der Waals surface area contributed by atoms with Crippen LogP contribution in [0.15, 0.2) is 61.2 Å². The Kier molecular flexibility index (Phi) is 4.35. The molecule has 0 aliphatic carbocycles. The summed E-state index contributed by atoms with van der Waals surface area (Å²) in [5.41, 5.74) is 3.42. The van der Waals surface area contributed by atoms with Gasteiger partial charge in [-0.15, -0.1) is 6.58 Å². The molecule has 0 aliphatic rings. The summed E-state index contributed by atoms with van der Waals surface area (Å²) in [7, 11) is 0. The van der Waals surface area contributed by atoms with E-state index in [1.165, 1.54) is 23.3 Å². The fourth-order valence-electron chi connectivity index (χ4n) is 2.05. The van der Waals surface area contributed by atoms with Crippen molar-refractivity contribution in [3.63, 3.8) is 0 Å².